The van der Waals surface area contributed by atoms with E-state index in [9.17, 15) is 4.79 Å². The molecular weight excluding hydrogens is 220 g/mol. The molecule has 0 aromatic carbocycles. The molecule has 1 heteroatoms. The Morgan fingerprint density at radius 1 is 1.06 bits per heavy atom. The van der Waals surface area contributed by atoms with Gasteiger partial charge in [0.1, 0.15) is 0 Å². The Labute approximate surface area is 113 Å². The maximum atomic E-state index is 10.9. The third-order valence-electron chi connectivity index (χ3n) is 2.84. The fourth-order valence-corrected chi connectivity index (χ4v) is 1.54. The lowest BCUT2D eigenvalue weighted by molar-refractivity contribution is -0.112. The molecule has 0 heterocycles. The first-order valence-corrected chi connectivity index (χ1v) is 6.72. The Morgan fingerprint density at radius 3 is 2.17 bits per heavy atom. The number of hydrogen-bond acceptors (Lipinski definition) is 1. The van der Waals surface area contributed by atoms with Crippen LogP contribution in [0.2, 0.25) is 0 Å². The molecule has 0 N–H and O–H groups in total. The summed E-state index contributed by atoms with van der Waals surface area (Å²) in [5.41, 5.74) is 2.87. The van der Waals surface area contributed by atoms with Gasteiger partial charge in [-0.1, -0.05) is 43.2 Å². The van der Waals surface area contributed by atoms with Crippen molar-refractivity contribution in [3.05, 3.63) is 35.5 Å². The molecule has 0 fully saturated rings. The van der Waals surface area contributed by atoms with Crippen molar-refractivity contribution in [2.75, 3.05) is 0 Å². The van der Waals surface area contributed by atoms with Crippen LogP contribution in [0.5, 0.6) is 0 Å². The fraction of sp³-hybridized carbons (Fsp3) is 0.588. The summed E-state index contributed by atoms with van der Waals surface area (Å²) in [5, 5.41) is 0. The van der Waals surface area contributed by atoms with Crippen LogP contribution in [0.3, 0.4) is 0 Å². The van der Waals surface area contributed by atoms with Crippen molar-refractivity contribution in [3.8, 4) is 0 Å². The molecule has 0 radical (unpaired) electrons. The molecule has 1 nitrogen and oxygen atoms in total. The Kier molecular flexibility index (Phi) is 7.58. The van der Waals surface area contributed by atoms with Gasteiger partial charge in [0.2, 0.25) is 0 Å². The predicted octanol–water partition coefficient (Wildman–Crippen LogP) is 5.24. The van der Waals surface area contributed by atoms with Crippen molar-refractivity contribution in [2.45, 2.75) is 60.8 Å². The molecule has 0 saturated carbocycles. The van der Waals surface area contributed by atoms with Crippen molar-refractivity contribution >= 4 is 5.78 Å². The number of rotatable bonds is 7. The number of hydrogen-bond donors (Lipinski definition) is 0. The van der Waals surface area contributed by atoms with E-state index < -0.39 is 0 Å². The SMILES string of the molecule is CC(=O)/C=C/C(C)(C)C/C=C(\C)CCC=C(C)C. The van der Waals surface area contributed by atoms with Gasteiger partial charge in [0.25, 0.3) is 0 Å². The highest BCUT2D eigenvalue weighted by Gasteiger charge is 2.11. The maximum absolute atomic E-state index is 10.9. The second-order valence-electron chi connectivity index (χ2n) is 6.01. The van der Waals surface area contributed by atoms with Gasteiger partial charge < -0.3 is 0 Å². The Bertz CT molecular complexity index is 350. The van der Waals surface area contributed by atoms with E-state index in [1.165, 1.54) is 11.1 Å². The molecule has 0 rings (SSSR count). The van der Waals surface area contributed by atoms with E-state index in [-0.39, 0.29) is 11.2 Å². The summed E-state index contributed by atoms with van der Waals surface area (Å²) in [6, 6.07) is 0. The van der Waals surface area contributed by atoms with Crippen LogP contribution in [0.4, 0.5) is 0 Å². The van der Waals surface area contributed by atoms with E-state index in [0.717, 1.165) is 19.3 Å². The van der Waals surface area contributed by atoms with Gasteiger partial charge in [-0.2, -0.15) is 0 Å². The molecule has 0 amide bonds. The van der Waals surface area contributed by atoms with Crippen LogP contribution in [0.1, 0.15) is 60.8 Å². The summed E-state index contributed by atoms with van der Waals surface area (Å²) < 4.78 is 0. The van der Waals surface area contributed by atoms with Crippen LogP contribution in [0.25, 0.3) is 0 Å². The highest BCUT2D eigenvalue weighted by Crippen LogP contribution is 2.24. The first kappa shape index (κ1) is 16.9. The standard InChI is InChI=1S/C17H28O/c1-14(2)8-7-9-15(3)10-12-17(5,6)13-11-16(4)18/h8,10-11,13H,7,9,12H2,1-6H3/b13-11+,15-10+. The largest absolute Gasteiger partial charge is 0.295 e. The summed E-state index contributed by atoms with van der Waals surface area (Å²) in [6.07, 6.45) is 11.5. The van der Waals surface area contributed by atoms with Crippen LogP contribution in [-0.2, 0) is 4.79 Å². The van der Waals surface area contributed by atoms with Crippen molar-refractivity contribution in [3.63, 3.8) is 0 Å². The molecule has 0 aliphatic heterocycles. The monoisotopic (exact) mass is 248 g/mol. The Morgan fingerprint density at radius 2 is 1.67 bits per heavy atom. The number of ketones is 1. The zero-order valence-corrected chi connectivity index (χ0v) is 12.8. The summed E-state index contributed by atoms with van der Waals surface area (Å²) in [5.74, 6) is 0.118. The lowest BCUT2D eigenvalue weighted by Crippen LogP contribution is -2.06. The maximum Gasteiger partial charge on any atom is 0.152 e. The van der Waals surface area contributed by atoms with E-state index >= 15 is 0 Å². The van der Waals surface area contributed by atoms with Crippen LogP contribution >= 0.6 is 0 Å². The molecule has 0 unspecified atom stereocenters. The van der Waals surface area contributed by atoms with Crippen molar-refractivity contribution in [1.29, 1.82) is 0 Å². The molecule has 0 saturated heterocycles. The lowest BCUT2D eigenvalue weighted by atomic mass is 9.87. The van der Waals surface area contributed by atoms with Gasteiger partial charge in [-0.25, -0.2) is 0 Å². The summed E-state index contributed by atoms with van der Waals surface area (Å²) in [6.45, 7) is 12.4. The average molecular weight is 248 g/mol. The van der Waals surface area contributed by atoms with Crippen molar-refractivity contribution in [2.24, 2.45) is 5.41 Å². The predicted molar refractivity (Wildman–Crippen MR) is 80.6 cm³/mol. The molecule has 0 bridgehead atoms. The van der Waals surface area contributed by atoms with Gasteiger partial charge >= 0.3 is 0 Å². The third kappa shape index (κ3) is 10.1. The van der Waals surface area contributed by atoms with Gasteiger partial charge in [-0.3, -0.25) is 4.79 Å². The molecule has 0 aliphatic rings. The van der Waals surface area contributed by atoms with Gasteiger partial charge in [0.15, 0.2) is 5.78 Å². The van der Waals surface area contributed by atoms with Gasteiger partial charge in [-0.05, 0) is 58.4 Å². The first-order chi connectivity index (χ1) is 8.23. The quantitative estimate of drug-likeness (QED) is 0.445. The van der Waals surface area contributed by atoms with E-state index in [1.807, 2.05) is 6.08 Å². The molecule has 0 aliphatic carbocycles. The molecular formula is C17H28O. The van der Waals surface area contributed by atoms with Crippen LogP contribution in [0.15, 0.2) is 35.5 Å². The van der Waals surface area contributed by atoms with Gasteiger partial charge in [0, 0.05) is 0 Å². The second kappa shape index (κ2) is 8.07. The van der Waals surface area contributed by atoms with E-state index in [1.54, 1.807) is 13.0 Å². The van der Waals surface area contributed by atoms with Gasteiger partial charge in [-0.15, -0.1) is 0 Å². The molecule has 0 aromatic heterocycles. The Hall–Kier alpha value is -1.11. The minimum absolute atomic E-state index is 0.0590. The van der Waals surface area contributed by atoms with E-state index in [0.29, 0.717) is 0 Å². The number of allylic oxidation sites excluding steroid dienone is 6. The average Bonchev–Trinajstić information content (AvgIpc) is 2.24. The third-order valence-corrected chi connectivity index (χ3v) is 2.84. The number of carbonyl (C=O) groups is 1. The zero-order valence-electron chi connectivity index (χ0n) is 12.8. The van der Waals surface area contributed by atoms with E-state index in [4.69, 9.17) is 0 Å². The molecule has 0 atom stereocenters. The molecule has 18 heavy (non-hydrogen) atoms. The molecule has 0 aromatic rings. The summed E-state index contributed by atoms with van der Waals surface area (Å²) in [4.78, 5) is 10.9. The summed E-state index contributed by atoms with van der Waals surface area (Å²) in [7, 11) is 0. The van der Waals surface area contributed by atoms with Crippen molar-refractivity contribution < 1.29 is 4.79 Å². The van der Waals surface area contributed by atoms with Crippen molar-refractivity contribution in [1.82, 2.24) is 0 Å². The zero-order chi connectivity index (χ0) is 14.2. The second-order valence-corrected chi connectivity index (χ2v) is 6.01. The lowest BCUT2D eigenvalue weighted by Gasteiger charge is -2.18. The molecule has 0 spiro atoms. The van der Waals surface area contributed by atoms with Gasteiger partial charge in [0.05, 0.1) is 0 Å². The first-order valence-electron chi connectivity index (χ1n) is 6.72. The smallest absolute Gasteiger partial charge is 0.152 e. The normalized spacial score (nSPS) is 12.9. The van der Waals surface area contributed by atoms with Crippen LogP contribution < -0.4 is 0 Å². The molecule has 102 valence electrons. The number of carbonyl (C=O) groups excluding carboxylic acids is 1. The van der Waals surface area contributed by atoms with E-state index in [2.05, 4.69) is 46.8 Å². The topological polar surface area (TPSA) is 17.1 Å². The minimum Gasteiger partial charge on any atom is -0.295 e. The minimum atomic E-state index is 0.0590. The van der Waals surface area contributed by atoms with Crippen LogP contribution in [0, 0.1) is 5.41 Å². The Balaban J connectivity index is 4.26. The van der Waals surface area contributed by atoms with Crippen LogP contribution in [-0.4, -0.2) is 5.78 Å². The summed E-state index contributed by atoms with van der Waals surface area (Å²) >= 11 is 0. The highest BCUT2D eigenvalue weighted by atomic mass is 16.1. The fourth-order valence-electron chi connectivity index (χ4n) is 1.54. The highest BCUT2D eigenvalue weighted by molar-refractivity contribution is 5.87.